The van der Waals surface area contributed by atoms with Crippen LogP contribution in [0, 0.1) is 11.8 Å². The summed E-state index contributed by atoms with van der Waals surface area (Å²) in [6.45, 7) is 5.36. The number of alkyl halides is 1. The van der Waals surface area contributed by atoms with E-state index in [1.165, 1.54) is 43.2 Å². The van der Waals surface area contributed by atoms with Crippen LogP contribution in [-0.4, -0.2) is 17.3 Å². The number of halogens is 1. The molecule has 25 heavy (non-hydrogen) atoms. The Labute approximate surface area is 161 Å². The first kappa shape index (κ1) is 18.9. The number of amides is 1. The summed E-state index contributed by atoms with van der Waals surface area (Å²) in [7, 11) is 0. The molecule has 0 radical (unpaired) electrons. The van der Waals surface area contributed by atoms with E-state index in [1.54, 1.807) is 0 Å². The number of nitrogens with zero attached hydrogens (tertiary/aromatic N) is 1. The van der Waals surface area contributed by atoms with Gasteiger partial charge in [-0.3, -0.25) is 4.79 Å². The van der Waals surface area contributed by atoms with Gasteiger partial charge in [-0.2, -0.15) is 0 Å². The molecule has 0 N–H and O–H groups in total. The van der Waals surface area contributed by atoms with Gasteiger partial charge in [-0.15, -0.1) is 0 Å². The Morgan fingerprint density at radius 2 is 2.00 bits per heavy atom. The van der Waals surface area contributed by atoms with Gasteiger partial charge in [0, 0.05) is 23.5 Å². The maximum Gasteiger partial charge on any atom is 0.227 e. The highest BCUT2D eigenvalue weighted by molar-refractivity contribution is 9.09. The van der Waals surface area contributed by atoms with Gasteiger partial charge in [-0.1, -0.05) is 74.0 Å². The fraction of sp³-hybridized carbons (Fsp3) is 0.682. The maximum absolute atomic E-state index is 12.7. The molecule has 1 heterocycles. The standard InChI is InChI=1S/C22H32BrNO/c1-16(2)20(23)15-18-8-10-21-19(14-18)12-13-24(21)22(25)11-9-17-6-4-3-5-7-17/h8,10,14,16-17,20H,3-7,9,11-13,15H2,1-2H3. The minimum atomic E-state index is 0.331. The van der Waals surface area contributed by atoms with Crippen LogP contribution >= 0.6 is 15.9 Å². The van der Waals surface area contributed by atoms with Gasteiger partial charge in [0.25, 0.3) is 0 Å². The van der Waals surface area contributed by atoms with Crippen LogP contribution in [0.2, 0.25) is 0 Å². The molecule has 1 amide bonds. The highest BCUT2D eigenvalue weighted by Crippen LogP contribution is 2.32. The molecule has 0 spiro atoms. The summed E-state index contributed by atoms with van der Waals surface area (Å²) in [5.74, 6) is 1.75. The SMILES string of the molecule is CC(C)C(Br)Cc1ccc2c(c1)CCN2C(=O)CCC1CCCCC1. The molecule has 0 bridgehead atoms. The second-order valence-electron chi connectivity index (χ2n) is 8.27. The summed E-state index contributed by atoms with van der Waals surface area (Å²) in [6.07, 6.45) is 10.6. The van der Waals surface area contributed by atoms with Crippen molar-refractivity contribution in [3.05, 3.63) is 29.3 Å². The van der Waals surface area contributed by atoms with Gasteiger partial charge in [-0.05, 0) is 48.3 Å². The van der Waals surface area contributed by atoms with Gasteiger partial charge < -0.3 is 4.90 Å². The Balaban J connectivity index is 1.58. The summed E-state index contributed by atoms with van der Waals surface area (Å²) in [4.78, 5) is 15.3. The quantitative estimate of drug-likeness (QED) is 0.539. The van der Waals surface area contributed by atoms with Crippen molar-refractivity contribution in [2.45, 2.75) is 76.5 Å². The third-order valence-electron chi connectivity index (χ3n) is 5.99. The number of fused-ring (bicyclic) bond motifs is 1. The van der Waals surface area contributed by atoms with E-state index in [-0.39, 0.29) is 0 Å². The largest absolute Gasteiger partial charge is 0.312 e. The van der Waals surface area contributed by atoms with Crippen molar-refractivity contribution in [1.82, 2.24) is 0 Å². The van der Waals surface area contributed by atoms with E-state index in [1.807, 2.05) is 4.90 Å². The first-order valence-electron chi connectivity index (χ1n) is 10.1. The molecule has 1 saturated carbocycles. The first-order valence-corrected chi connectivity index (χ1v) is 11.0. The molecule has 1 fully saturated rings. The zero-order chi connectivity index (χ0) is 17.8. The van der Waals surface area contributed by atoms with Crippen LogP contribution in [0.15, 0.2) is 18.2 Å². The van der Waals surface area contributed by atoms with Crippen LogP contribution in [-0.2, 0) is 17.6 Å². The van der Waals surface area contributed by atoms with E-state index in [2.05, 4.69) is 48.0 Å². The molecule has 138 valence electrons. The van der Waals surface area contributed by atoms with Crippen LogP contribution in [0.5, 0.6) is 0 Å². The molecule has 1 aromatic carbocycles. The van der Waals surface area contributed by atoms with E-state index in [9.17, 15) is 4.79 Å². The Bertz CT molecular complexity index is 592. The van der Waals surface area contributed by atoms with Crippen molar-refractivity contribution < 1.29 is 4.79 Å². The molecule has 2 nitrogen and oxygen atoms in total. The van der Waals surface area contributed by atoms with E-state index in [0.29, 0.717) is 16.7 Å². The lowest BCUT2D eigenvalue weighted by atomic mass is 9.86. The van der Waals surface area contributed by atoms with Crippen molar-refractivity contribution in [3.63, 3.8) is 0 Å². The molecule has 1 aromatic rings. The monoisotopic (exact) mass is 405 g/mol. The van der Waals surface area contributed by atoms with Gasteiger partial charge in [0.05, 0.1) is 0 Å². The van der Waals surface area contributed by atoms with Crippen molar-refractivity contribution in [2.75, 3.05) is 11.4 Å². The lowest BCUT2D eigenvalue weighted by Crippen LogP contribution is -2.29. The van der Waals surface area contributed by atoms with Crippen molar-refractivity contribution in [3.8, 4) is 0 Å². The lowest BCUT2D eigenvalue weighted by Gasteiger charge is -2.23. The first-order chi connectivity index (χ1) is 12.0. The molecule has 1 aliphatic heterocycles. The van der Waals surface area contributed by atoms with Crippen LogP contribution in [0.3, 0.4) is 0 Å². The molecule has 0 aromatic heterocycles. The summed E-state index contributed by atoms with van der Waals surface area (Å²) in [5.41, 5.74) is 3.89. The van der Waals surface area contributed by atoms with Crippen LogP contribution < -0.4 is 4.90 Å². The van der Waals surface area contributed by atoms with Crippen molar-refractivity contribution >= 4 is 27.5 Å². The Hall–Kier alpha value is -0.830. The number of rotatable bonds is 6. The van der Waals surface area contributed by atoms with Crippen molar-refractivity contribution in [2.24, 2.45) is 11.8 Å². The highest BCUT2D eigenvalue weighted by atomic mass is 79.9. The minimum absolute atomic E-state index is 0.331. The van der Waals surface area contributed by atoms with Gasteiger partial charge in [0.2, 0.25) is 5.91 Å². The molecular formula is C22H32BrNO. The van der Waals surface area contributed by atoms with Gasteiger partial charge in [0.15, 0.2) is 0 Å². The summed E-state index contributed by atoms with van der Waals surface area (Å²) >= 11 is 3.79. The Morgan fingerprint density at radius 1 is 1.24 bits per heavy atom. The summed E-state index contributed by atoms with van der Waals surface area (Å²) in [5, 5.41) is 0. The number of carbonyl (C=O) groups excluding carboxylic acids is 1. The number of hydrogen-bond donors (Lipinski definition) is 0. The lowest BCUT2D eigenvalue weighted by molar-refractivity contribution is -0.118. The Morgan fingerprint density at radius 3 is 2.72 bits per heavy atom. The van der Waals surface area contributed by atoms with Crippen LogP contribution in [0.1, 0.15) is 69.9 Å². The van der Waals surface area contributed by atoms with Crippen LogP contribution in [0.25, 0.3) is 0 Å². The molecule has 2 aliphatic rings. The Kier molecular flexibility index (Phi) is 6.60. The average Bonchev–Trinajstić information content (AvgIpc) is 3.03. The highest BCUT2D eigenvalue weighted by Gasteiger charge is 2.26. The molecule has 0 saturated heterocycles. The van der Waals surface area contributed by atoms with E-state index >= 15 is 0 Å². The van der Waals surface area contributed by atoms with Gasteiger partial charge >= 0.3 is 0 Å². The second kappa shape index (κ2) is 8.70. The third-order valence-corrected chi connectivity index (χ3v) is 7.37. The average molecular weight is 406 g/mol. The number of anilines is 1. The van der Waals surface area contributed by atoms with Gasteiger partial charge in [-0.25, -0.2) is 0 Å². The fourth-order valence-corrected chi connectivity index (χ4v) is 4.61. The molecule has 1 aliphatic carbocycles. The van der Waals surface area contributed by atoms with E-state index < -0.39 is 0 Å². The van der Waals surface area contributed by atoms with Crippen LogP contribution in [0.4, 0.5) is 5.69 Å². The third kappa shape index (κ3) is 4.87. The fourth-order valence-electron chi connectivity index (χ4n) is 4.24. The summed E-state index contributed by atoms with van der Waals surface area (Å²) < 4.78 is 0. The van der Waals surface area contributed by atoms with Gasteiger partial charge in [0.1, 0.15) is 0 Å². The molecule has 1 atom stereocenters. The molecule has 3 heteroatoms. The number of hydrogen-bond acceptors (Lipinski definition) is 1. The predicted octanol–water partition coefficient (Wildman–Crippen LogP) is 5.90. The van der Waals surface area contributed by atoms with E-state index in [4.69, 9.17) is 0 Å². The number of benzene rings is 1. The topological polar surface area (TPSA) is 20.3 Å². The number of carbonyl (C=O) groups is 1. The molecular weight excluding hydrogens is 374 g/mol. The minimum Gasteiger partial charge on any atom is -0.312 e. The smallest absolute Gasteiger partial charge is 0.227 e. The normalized spacial score (nSPS) is 19.3. The predicted molar refractivity (Wildman–Crippen MR) is 110 cm³/mol. The zero-order valence-electron chi connectivity index (χ0n) is 15.8. The van der Waals surface area contributed by atoms with E-state index in [0.717, 1.165) is 43.8 Å². The zero-order valence-corrected chi connectivity index (χ0v) is 17.4. The maximum atomic E-state index is 12.7. The second-order valence-corrected chi connectivity index (χ2v) is 9.44. The van der Waals surface area contributed by atoms with Crippen molar-refractivity contribution in [1.29, 1.82) is 0 Å². The molecule has 1 unspecified atom stereocenters. The molecule has 3 rings (SSSR count). The summed E-state index contributed by atoms with van der Waals surface area (Å²) in [6, 6.07) is 6.71.